The van der Waals surface area contributed by atoms with Crippen LogP contribution in [0.1, 0.15) is 22.8 Å². The summed E-state index contributed by atoms with van der Waals surface area (Å²) in [5.74, 6) is 0.0609. The second kappa shape index (κ2) is 7.25. The average Bonchev–Trinajstić information content (AvgIpc) is 2.61. The smallest absolute Gasteiger partial charge is 0.159 e. The van der Waals surface area contributed by atoms with Gasteiger partial charge in [-0.3, -0.25) is 9.80 Å². The van der Waals surface area contributed by atoms with Gasteiger partial charge >= 0.3 is 0 Å². The number of ketones is 1. The summed E-state index contributed by atoms with van der Waals surface area (Å²) in [6.07, 6.45) is 0. The summed E-state index contributed by atoms with van der Waals surface area (Å²) in [6.45, 7) is 7.28. The number of piperazine rings is 1. The largest absolute Gasteiger partial charge is 0.368 e. The van der Waals surface area contributed by atoms with Gasteiger partial charge in [0.1, 0.15) is 0 Å². The summed E-state index contributed by atoms with van der Waals surface area (Å²) in [5, 5.41) is 10.6. The maximum Gasteiger partial charge on any atom is 0.159 e. The van der Waals surface area contributed by atoms with Crippen LogP contribution in [0, 0.1) is 6.92 Å². The lowest BCUT2D eigenvalue weighted by atomic mass is 10.1. The number of rotatable bonds is 4. The Morgan fingerprint density at radius 2 is 1.62 bits per heavy atom. The van der Waals surface area contributed by atoms with Crippen LogP contribution in [0.3, 0.4) is 0 Å². The highest BCUT2D eigenvalue weighted by Crippen LogP contribution is 2.21. The highest BCUT2D eigenvalue weighted by molar-refractivity contribution is 5.94. The lowest BCUT2D eigenvalue weighted by molar-refractivity contribution is 0.101. The van der Waals surface area contributed by atoms with Crippen molar-refractivity contribution in [1.82, 2.24) is 5.01 Å². The van der Waals surface area contributed by atoms with Gasteiger partial charge < -0.3 is 4.90 Å². The molecule has 5 nitrogen and oxygen atoms in total. The monoisotopic (exact) mass is 322 g/mol. The molecule has 3 rings (SSSR count). The Kier molecular flexibility index (Phi) is 4.89. The third-order valence-corrected chi connectivity index (χ3v) is 4.27. The molecule has 1 fully saturated rings. The van der Waals surface area contributed by atoms with E-state index in [2.05, 4.69) is 46.4 Å². The molecule has 0 aliphatic carbocycles. The van der Waals surface area contributed by atoms with Crippen molar-refractivity contribution >= 4 is 17.2 Å². The normalized spacial score (nSPS) is 15.1. The summed E-state index contributed by atoms with van der Waals surface area (Å²) in [6, 6.07) is 15.7. The third-order valence-electron chi connectivity index (χ3n) is 4.27. The highest BCUT2D eigenvalue weighted by Gasteiger charge is 2.17. The lowest BCUT2D eigenvalue weighted by Crippen LogP contribution is -2.44. The molecule has 24 heavy (non-hydrogen) atoms. The Balaban J connectivity index is 1.57. The molecule has 2 aromatic rings. The van der Waals surface area contributed by atoms with Crippen molar-refractivity contribution in [3.63, 3.8) is 0 Å². The molecule has 0 amide bonds. The van der Waals surface area contributed by atoms with Crippen LogP contribution in [-0.2, 0) is 0 Å². The molecule has 0 spiro atoms. The minimum Gasteiger partial charge on any atom is -0.368 e. The second-order valence-electron chi connectivity index (χ2n) is 6.02. The first kappa shape index (κ1) is 16.2. The van der Waals surface area contributed by atoms with Gasteiger partial charge in [0.25, 0.3) is 0 Å². The van der Waals surface area contributed by atoms with E-state index in [-0.39, 0.29) is 5.78 Å². The van der Waals surface area contributed by atoms with Crippen LogP contribution in [0.4, 0.5) is 11.4 Å². The summed E-state index contributed by atoms with van der Waals surface area (Å²) in [7, 11) is 0. The molecular weight excluding hydrogens is 300 g/mol. The molecule has 1 aliphatic rings. The quantitative estimate of drug-likeness (QED) is 0.631. The zero-order chi connectivity index (χ0) is 16.9. The zero-order valence-corrected chi connectivity index (χ0v) is 14.1. The number of para-hydroxylation sites is 1. The van der Waals surface area contributed by atoms with Gasteiger partial charge in [-0.1, -0.05) is 23.4 Å². The summed E-state index contributed by atoms with van der Waals surface area (Å²) in [4.78, 5) is 13.7. The van der Waals surface area contributed by atoms with Crippen molar-refractivity contribution in [3.05, 3.63) is 59.7 Å². The first-order valence-electron chi connectivity index (χ1n) is 8.21. The predicted octanol–water partition coefficient (Wildman–Crippen LogP) is 4.02. The number of nitrogens with zero attached hydrogens (tertiary/aromatic N) is 4. The Morgan fingerprint density at radius 1 is 0.958 bits per heavy atom. The fourth-order valence-corrected chi connectivity index (χ4v) is 2.82. The number of anilines is 1. The van der Waals surface area contributed by atoms with Crippen LogP contribution < -0.4 is 4.90 Å². The number of benzene rings is 2. The first-order valence-corrected chi connectivity index (χ1v) is 8.21. The molecule has 0 aromatic heterocycles. The van der Waals surface area contributed by atoms with E-state index in [1.54, 1.807) is 19.1 Å². The Hall–Kier alpha value is -2.69. The zero-order valence-electron chi connectivity index (χ0n) is 14.1. The van der Waals surface area contributed by atoms with E-state index in [4.69, 9.17) is 0 Å². The highest BCUT2D eigenvalue weighted by atomic mass is 16.1. The van der Waals surface area contributed by atoms with Gasteiger partial charge in [-0.25, -0.2) is 0 Å². The maximum absolute atomic E-state index is 11.3. The van der Waals surface area contributed by atoms with Gasteiger partial charge in [-0.15, -0.1) is 5.11 Å². The van der Waals surface area contributed by atoms with Gasteiger partial charge in [0.2, 0.25) is 0 Å². The maximum atomic E-state index is 11.3. The van der Waals surface area contributed by atoms with Crippen molar-refractivity contribution in [3.8, 4) is 0 Å². The van der Waals surface area contributed by atoms with Crippen molar-refractivity contribution in [2.24, 2.45) is 10.3 Å². The Labute approximate surface area is 142 Å². The molecule has 1 saturated heterocycles. The fourth-order valence-electron chi connectivity index (χ4n) is 2.82. The second-order valence-corrected chi connectivity index (χ2v) is 6.02. The molecule has 0 atom stereocenters. The molecule has 0 bridgehead atoms. The Bertz CT molecular complexity index is 731. The van der Waals surface area contributed by atoms with Crippen LogP contribution in [0.25, 0.3) is 0 Å². The summed E-state index contributed by atoms with van der Waals surface area (Å²) in [5.41, 5.74) is 4.06. The van der Waals surface area contributed by atoms with Crippen molar-refractivity contribution in [2.45, 2.75) is 13.8 Å². The van der Waals surface area contributed by atoms with Crippen LogP contribution in [0.5, 0.6) is 0 Å². The van der Waals surface area contributed by atoms with E-state index < -0.39 is 0 Å². The summed E-state index contributed by atoms with van der Waals surface area (Å²) < 4.78 is 0. The fraction of sp³-hybridized carbons (Fsp3) is 0.316. The minimum absolute atomic E-state index is 0.0609. The standard InChI is InChI=1S/C19H22N4O/c1-15-5-3-4-6-19(15)22-11-13-23(14-12-22)21-20-18-9-7-17(8-10-18)16(2)24/h3-10H,11-14H2,1-2H3/b21-20+. The molecule has 1 aliphatic heterocycles. The lowest BCUT2D eigenvalue weighted by Gasteiger charge is -2.34. The van der Waals surface area contributed by atoms with E-state index >= 15 is 0 Å². The van der Waals surface area contributed by atoms with E-state index in [1.165, 1.54) is 11.3 Å². The SMILES string of the molecule is CC(=O)c1ccc(/N=N/N2CCN(c3ccccc3C)CC2)cc1. The van der Waals surface area contributed by atoms with Gasteiger partial charge in [-0.2, -0.15) is 0 Å². The van der Waals surface area contributed by atoms with Gasteiger partial charge in [0, 0.05) is 24.3 Å². The molecule has 2 aromatic carbocycles. The topological polar surface area (TPSA) is 48.3 Å². The van der Waals surface area contributed by atoms with Crippen molar-refractivity contribution in [2.75, 3.05) is 31.1 Å². The average molecular weight is 322 g/mol. The molecule has 1 heterocycles. The number of Topliss-reactive ketones (excluding diaryl/α,β-unsaturated/α-hetero) is 1. The van der Waals surface area contributed by atoms with Crippen LogP contribution in [0.15, 0.2) is 58.9 Å². The molecule has 5 heteroatoms. The molecular formula is C19H22N4O. The van der Waals surface area contributed by atoms with Gasteiger partial charge in [-0.05, 0) is 49.7 Å². The van der Waals surface area contributed by atoms with E-state index in [0.717, 1.165) is 31.9 Å². The van der Waals surface area contributed by atoms with E-state index in [1.807, 2.05) is 17.1 Å². The van der Waals surface area contributed by atoms with Crippen LogP contribution in [-0.4, -0.2) is 37.0 Å². The molecule has 0 unspecified atom stereocenters. The molecule has 124 valence electrons. The van der Waals surface area contributed by atoms with Gasteiger partial charge in [0.05, 0.1) is 18.8 Å². The number of hydrogen-bond donors (Lipinski definition) is 0. The number of carbonyl (C=O) groups excluding carboxylic acids is 1. The first-order chi connectivity index (χ1) is 11.6. The van der Waals surface area contributed by atoms with Crippen molar-refractivity contribution < 1.29 is 4.79 Å². The number of hydrogen-bond acceptors (Lipinski definition) is 4. The number of aryl methyl sites for hydroxylation is 1. The summed E-state index contributed by atoms with van der Waals surface area (Å²) >= 11 is 0. The van der Waals surface area contributed by atoms with E-state index in [9.17, 15) is 4.79 Å². The minimum atomic E-state index is 0.0609. The van der Waals surface area contributed by atoms with Crippen molar-refractivity contribution in [1.29, 1.82) is 0 Å². The predicted molar refractivity (Wildman–Crippen MR) is 95.9 cm³/mol. The third kappa shape index (κ3) is 3.79. The molecule has 0 N–H and O–H groups in total. The van der Waals surface area contributed by atoms with E-state index in [0.29, 0.717) is 5.56 Å². The molecule has 0 radical (unpaired) electrons. The van der Waals surface area contributed by atoms with Gasteiger partial charge in [0.15, 0.2) is 5.78 Å². The number of carbonyl (C=O) groups is 1. The van der Waals surface area contributed by atoms with Crippen LogP contribution >= 0.6 is 0 Å². The van der Waals surface area contributed by atoms with Crippen LogP contribution in [0.2, 0.25) is 0 Å². The molecule has 0 saturated carbocycles. The Morgan fingerprint density at radius 3 is 2.25 bits per heavy atom.